The highest BCUT2D eigenvalue weighted by atomic mass is 35.5. The molecule has 2 heterocycles. The number of aromatic nitrogens is 1. The molecule has 0 amide bonds. The topological polar surface area (TPSA) is 55.8 Å². The van der Waals surface area contributed by atoms with Gasteiger partial charge in [-0.1, -0.05) is 42.8 Å². The number of rotatable bonds is 8. The molecule has 2 aromatic rings. The monoisotopic (exact) mass is 428 g/mol. The number of aliphatic imine (C=N–C) groups is 1. The highest BCUT2D eigenvalue weighted by Gasteiger charge is 2.25. The molecule has 0 saturated carbocycles. The molecule has 1 saturated heterocycles. The van der Waals surface area contributed by atoms with Gasteiger partial charge in [0.15, 0.2) is 5.96 Å². The van der Waals surface area contributed by atoms with Crippen molar-refractivity contribution in [3.05, 3.63) is 58.7 Å². The molecule has 1 aromatic heterocycles. The maximum atomic E-state index is 6.31. The summed E-state index contributed by atoms with van der Waals surface area (Å²) in [6.07, 6.45) is 2.82. The van der Waals surface area contributed by atoms with E-state index in [1.54, 1.807) is 6.20 Å². The van der Waals surface area contributed by atoms with E-state index >= 15 is 0 Å². The molecular formula is C23H33ClN6. The van der Waals surface area contributed by atoms with E-state index in [2.05, 4.69) is 70.6 Å². The van der Waals surface area contributed by atoms with Crippen molar-refractivity contribution in [3.63, 3.8) is 0 Å². The lowest BCUT2D eigenvalue weighted by molar-refractivity contribution is 0.345. The molecular weight excluding hydrogens is 396 g/mol. The van der Waals surface area contributed by atoms with Crippen LogP contribution in [0.1, 0.15) is 31.4 Å². The Balaban J connectivity index is 1.60. The number of anilines is 1. The average Bonchev–Trinajstić information content (AvgIpc) is 3.21. The number of pyridine rings is 1. The molecule has 2 N–H and O–H groups in total. The van der Waals surface area contributed by atoms with Crippen molar-refractivity contribution in [2.75, 3.05) is 38.1 Å². The molecule has 162 valence electrons. The van der Waals surface area contributed by atoms with Crippen LogP contribution in [0.3, 0.4) is 0 Å². The fourth-order valence-corrected chi connectivity index (χ4v) is 3.86. The minimum atomic E-state index is 0.311. The number of nitrogens with zero attached hydrogens (tertiary/aromatic N) is 4. The minimum absolute atomic E-state index is 0.311. The van der Waals surface area contributed by atoms with Gasteiger partial charge in [-0.25, -0.2) is 9.98 Å². The van der Waals surface area contributed by atoms with Gasteiger partial charge in [0.25, 0.3) is 0 Å². The Kier molecular flexibility index (Phi) is 8.34. The summed E-state index contributed by atoms with van der Waals surface area (Å²) in [7, 11) is 2.14. The van der Waals surface area contributed by atoms with E-state index in [9.17, 15) is 0 Å². The van der Waals surface area contributed by atoms with Crippen LogP contribution in [0.2, 0.25) is 5.02 Å². The van der Waals surface area contributed by atoms with Crippen molar-refractivity contribution in [1.82, 2.24) is 20.5 Å². The van der Waals surface area contributed by atoms with Crippen molar-refractivity contribution >= 4 is 23.4 Å². The fraction of sp³-hybridized carbons (Fsp3) is 0.478. The molecule has 0 bridgehead atoms. The van der Waals surface area contributed by atoms with Crippen LogP contribution in [0.15, 0.2) is 47.6 Å². The summed E-state index contributed by atoms with van der Waals surface area (Å²) in [5.41, 5.74) is 2.55. The van der Waals surface area contributed by atoms with Crippen LogP contribution in [0, 0.1) is 0 Å². The molecule has 1 aliphatic rings. The second kappa shape index (κ2) is 11.2. The van der Waals surface area contributed by atoms with Crippen molar-refractivity contribution in [1.29, 1.82) is 0 Å². The Labute approximate surface area is 185 Å². The third-order valence-electron chi connectivity index (χ3n) is 5.32. The fourth-order valence-electron chi connectivity index (χ4n) is 3.61. The average molecular weight is 429 g/mol. The van der Waals surface area contributed by atoms with E-state index in [0.717, 1.165) is 50.9 Å². The van der Waals surface area contributed by atoms with Gasteiger partial charge < -0.3 is 20.4 Å². The predicted octanol–water partition coefficient (Wildman–Crippen LogP) is 3.52. The molecule has 0 radical (unpaired) electrons. The normalized spacial score (nSPS) is 16.9. The number of nitrogens with one attached hydrogen (secondary N) is 2. The Morgan fingerprint density at radius 3 is 2.87 bits per heavy atom. The highest BCUT2D eigenvalue weighted by molar-refractivity contribution is 6.32. The minimum Gasteiger partial charge on any atom is -0.357 e. The summed E-state index contributed by atoms with van der Waals surface area (Å²) < 4.78 is 0. The summed E-state index contributed by atoms with van der Waals surface area (Å²) >= 11 is 6.31. The van der Waals surface area contributed by atoms with Gasteiger partial charge in [-0.3, -0.25) is 0 Å². The Morgan fingerprint density at radius 2 is 2.10 bits per heavy atom. The Bertz CT molecular complexity index is 840. The number of hydrogen-bond donors (Lipinski definition) is 2. The van der Waals surface area contributed by atoms with Gasteiger partial charge in [-0.2, -0.15) is 0 Å². The van der Waals surface area contributed by atoms with Crippen LogP contribution < -0.4 is 15.5 Å². The van der Waals surface area contributed by atoms with Gasteiger partial charge in [0, 0.05) is 38.4 Å². The van der Waals surface area contributed by atoms with E-state index < -0.39 is 0 Å². The zero-order valence-corrected chi connectivity index (χ0v) is 19.0. The van der Waals surface area contributed by atoms with Gasteiger partial charge in [0.1, 0.15) is 5.82 Å². The smallest absolute Gasteiger partial charge is 0.191 e. The second-order valence-corrected chi connectivity index (χ2v) is 8.14. The molecule has 1 aromatic carbocycles. The highest BCUT2D eigenvalue weighted by Crippen LogP contribution is 2.25. The van der Waals surface area contributed by atoms with Crippen LogP contribution in [0.4, 0.5) is 5.82 Å². The van der Waals surface area contributed by atoms with Gasteiger partial charge in [0.2, 0.25) is 0 Å². The first-order chi connectivity index (χ1) is 14.6. The zero-order chi connectivity index (χ0) is 21.3. The number of hydrogen-bond acceptors (Lipinski definition) is 4. The lowest BCUT2D eigenvalue weighted by atomic mass is 10.1. The molecule has 1 unspecified atom stereocenters. The summed E-state index contributed by atoms with van der Waals surface area (Å²) in [4.78, 5) is 13.8. The SMILES string of the molecule is CCNC(=NCc1cccc(CN(C)CC)c1)NC1CCN(c2ncccc2Cl)C1. The Morgan fingerprint density at radius 1 is 1.27 bits per heavy atom. The molecule has 3 rings (SSSR count). The van der Waals surface area contributed by atoms with Gasteiger partial charge in [-0.05, 0) is 50.2 Å². The van der Waals surface area contributed by atoms with Gasteiger partial charge in [-0.15, -0.1) is 0 Å². The molecule has 1 aliphatic heterocycles. The number of halogens is 1. The van der Waals surface area contributed by atoms with E-state index in [1.165, 1.54) is 11.1 Å². The molecule has 6 nitrogen and oxygen atoms in total. The van der Waals surface area contributed by atoms with E-state index in [1.807, 2.05) is 12.1 Å². The third-order valence-corrected chi connectivity index (χ3v) is 5.61. The Hall–Kier alpha value is -2.31. The summed E-state index contributed by atoms with van der Waals surface area (Å²) in [5, 5.41) is 7.65. The lowest BCUT2D eigenvalue weighted by Crippen LogP contribution is -2.44. The van der Waals surface area contributed by atoms with E-state index in [-0.39, 0.29) is 0 Å². The molecule has 7 heteroatoms. The van der Waals surface area contributed by atoms with Gasteiger partial charge >= 0.3 is 0 Å². The molecule has 30 heavy (non-hydrogen) atoms. The maximum Gasteiger partial charge on any atom is 0.191 e. The quantitative estimate of drug-likeness (QED) is 0.497. The maximum absolute atomic E-state index is 6.31. The van der Waals surface area contributed by atoms with Crippen LogP contribution in [-0.4, -0.2) is 55.1 Å². The molecule has 1 atom stereocenters. The summed E-state index contributed by atoms with van der Waals surface area (Å²) in [6, 6.07) is 12.8. The van der Waals surface area contributed by atoms with Crippen LogP contribution in [0.25, 0.3) is 0 Å². The molecule has 0 spiro atoms. The van der Waals surface area contributed by atoms with Crippen LogP contribution >= 0.6 is 11.6 Å². The number of guanidine groups is 1. The summed E-state index contributed by atoms with van der Waals surface area (Å²) in [5.74, 6) is 1.71. The van der Waals surface area contributed by atoms with Crippen molar-refractivity contribution < 1.29 is 0 Å². The largest absolute Gasteiger partial charge is 0.357 e. The predicted molar refractivity (Wildman–Crippen MR) is 126 cm³/mol. The zero-order valence-electron chi connectivity index (χ0n) is 18.2. The second-order valence-electron chi connectivity index (χ2n) is 7.73. The van der Waals surface area contributed by atoms with Crippen molar-refractivity contribution in [3.8, 4) is 0 Å². The first kappa shape index (κ1) is 22.4. The lowest BCUT2D eigenvalue weighted by Gasteiger charge is -2.20. The first-order valence-electron chi connectivity index (χ1n) is 10.8. The summed E-state index contributed by atoms with van der Waals surface area (Å²) in [6.45, 7) is 9.54. The van der Waals surface area contributed by atoms with E-state index in [0.29, 0.717) is 17.6 Å². The molecule has 1 fully saturated rings. The van der Waals surface area contributed by atoms with Crippen molar-refractivity contribution in [2.45, 2.75) is 39.4 Å². The third kappa shape index (κ3) is 6.34. The van der Waals surface area contributed by atoms with Gasteiger partial charge in [0.05, 0.1) is 11.6 Å². The molecule has 0 aliphatic carbocycles. The van der Waals surface area contributed by atoms with Crippen LogP contribution in [0.5, 0.6) is 0 Å². The van der Waals surface area contributed by atoms with Crippen molar-refractivity contribution in [2.24, 2.45) is 4.99 Å². The first-order valence-corrected chi connectivity index (χ1v) is 11.1. The standard InChI is InChI=1S/C23H33ClN6/c1-4-25-23(27-15-18-8-6-9-19(14-18)16-29(3)5-2)28-20-11-13-30(17-20)22-21(24)10-7-12-26-22/h6-10,12,14,20H,4-5,11,13,15-17H2,1-3H3,(H2,25,27,28). The van der Waals surface area contributed by atoms with E-state index in [4.69, 9.17) is 16.6 Å². The number of benzene rings is 1. The van der Waals surface area contributed by atoms with Crippen LogP contribution in [-0.2, 0) is 13.1 Å².